The maximum absolute atomic E-state index is 6.02. The van der Waals surface area contributed by atoms with Gasteiger partial charge >= 0.3 is 0 Å². The number of benzene rings is 1. The number of likely N-dealkylation sites (N-methyl/N-ethyl adjacent to an activating group) is 2. The van der Waals surface area contributed by atoms with Crippen molar-refractivity contribution < 1.29 is 4.42 Å². The van der Waals surface area contributed by atoms with Crippen molar-refractivity contribution in [1.29, 1.82) is 0 Å². The maximum Gasteiger partial charge on any atom is 0.134 e. The second kappa shape index (κ2) is 6.18. The van der Waals surface area contributed by atoms with Crippen LogP contribution in [0.1, 0.15) is 24.2 Å². The number of furan rings is 1. The summed E-state index contributed by atoms with van der Waals surface area (Å²) in [5.41, 5.74) is 8.03. The summed E-state index contributed by atoms with van der Waals surface area (Å²) in [5, 5.41) is 1.15. The first kappa shape index (κ1) is 14.6. The Balaban J connectivity index is 1.74. The number of nitrogens with two attached hydrogens (primary N) is 1. The number of likely N-dealkylation sites (tertiary alicyclic amines) is 1. The summed E-state index contributed by atoms with van der Waals surface area (Å²) in [7, 11) is 4.39. The summed E-state index contributed by atoms with van der Waals surface area (Å²) in [6.45, 7) is 3.66. The Hall–Kier alpha value is -1.36. The lowest BCUT2D eigenvalue weighted by atomic mass is 10.1. The number of nitrogens with zero attached hydrogens (tertiary/aromatic N) is 2. The molecular weight excluding hydrogens is 262 g/mol. The highest BCUT2D eigenvalue weighted by atomic mass is 16.3. The van der Waals surface area contributed by atoms with E-state index in [-0.39, 0.29) is 0 Å². The Morgan fingerprint density at radius 3 is 2.90 bits per heavy atom. The van der Waals surface area contributed by atoms with Crippen molar-refractivity contribution >= 4 is 11.0 Å². The van der Waals surface area contributed by atoms with Gasteiger partial charge in [0.25, 0.3) is 0 Å². The van der Waals surface area contributed by atoms with Gasteiger partial charge in [-0.3, -0.25) is 4.90 Å². The molecule has 4 nitrogen and oxygen atoms in total. The Bertz CT molecular complexity index is 607. The highest BCUT2D eigenvalue weighted by molar-refractivity contribution is 5.82. The zero-order valence-electron chi connectivity index (χ0n) is 13.0. The van der Waals surface area contributed by atoms with Crippen LogP contribution in [0.2, 0.25) is 0 Å². The van der Waals surface area contributed by atoms with E-state index in [1.54, 1.807) is 0 Å². The second-order valence-corrected chi connectivity index (χ2v) is 6.18. The van der Waals surface area contributed by atoms with E-state index in [0.29, 0.717) is 12.6 Å². The minimum absolute atomic E-state index is 0.531. The number of fused-ring (bicyclic) bond motifs is 1. The summed E-state index contributed by atoms with van der Waals surface area (Å²) >= 11 is 0. The normalized spacial score (nSPS) is 19.9. The Labute approximate surface area is 126 Å². The lowest BCUT2D eigenvalue weighted by Crippen LogP contribution is -2.36. The molecule has 0 aliphatic carbocycles. The fourth-order valence-electron chi connectivity index (χ4n) is 3.38. The third kappa shape index (κ3) is 2.98. The highest BCUT2D eigenvalue weighted by Gasteiger charge is 2.23. The standard InChI is InChI=1S/C17H25N3O/c1-19(11-13-6-5-9-20(13)2)12-17-15(10-18)14-7-3-4-8-16(14)21-17/h3-4,7-8,13H,5-6,9-12,18H2,1-2H3. The van der Waals surface area contributed by atoms with Gasteiger partial charge in [0.05, 0.1) is 6.54 Å². The molecule has 4 heteroatoms. The monoisotopic (exact) mass is 287 g/mol. The maximum atomic E-state index is 6.02. The molecule has 0 saturated carbocycles. The van der Waals surface area contributed by atoms with Crippen LogP contribution < -0.4 is 5.73 Å². The van der Waals surface area contributed by atoms with Crippen LogP contribution in [0.4, 0.5) is 0 Å². The lowest BCUT2D eigenvalue weighted by Gasteiger charge is -2.25. The first-order chi connectivity index (χ1) is 10.2. The SMILES string of the molecule is CN(Cc1oc2ccccc2c1CN)CC1CCCN1C. The van der Waals surface area contributed by atoms with Crippen molar-refractivity contribution in [2.45, 2.75) is 32.0 Å². The Kier molecular flexibility index (Phi) is 4.29. The van der Waals surface area contributed by atoms with Crippen molar-refractivity contribution in [3.05, 3.63) is 35.6 Å². The van der Waals surface area contributed by atoms with Gasteiger partial charge < -0.3 is 15.1 Å². The van der Waals surface area contributed by atoms with Crippen molar-refractivity contribution in [2.75, 3.05) is 27.2 Å². The molecule has 0 bridgehead atoms. The molecule has 1 aliphatic heterocycles. The topological polar surface area (TPSA) is 45.6 Å². The molecule has 0 spiro atoms. The van der Waals surface area contributed by atoms with E-state index in [0.717, 1.165) is 35.4 Å². The van der Waals surface area contributed by atoms with Gasteiger partial charge in [-0.25, -0.2) is 0 Å². The van der Waals surface area contributed by atoms with Crippen molar-refractivity contribution in [3.8, 4) is 0 Å². The van der Waals surface area contributed by atoms with Crippen LogP contribution in [-0.2, 0) is 13.1 Å². The zero-order valence-corrected chi connectivity index (χ0v) is 13.0. The highest BCUT2D eigenvalue weighted by Crippen LogP contribution is 2.26. The van der Waals surface area contributed by atoms with Gasteiger partial charge in [0.1, 0.15) is 11.3 Å². The predicted molar refractivity (Wildman–Crippen MR) is 86.1 cm³/mol. The van der Waals surface area contributed by atoms with Crippen LogP contribution in [0.5, 0.6) is 0 Å². The van der Waals surface area contributed by atoms with Crippen LogP contribution >= 0.6 is 0 Å². The van der Waals surface area contributed by atoms with E-state index >= 15 is 0 Å². The van der Waals surface area contributed by atoms with Gasteiger partial charge in [0.15, 0.2) is 0 Å². The molecule has 1 aromatic carbocycles. The molecule has 2 aromatic rings. The van der Waals surface area contributed by atoms with Crippen LogP contribution in [0.25, 0.3) is 11.0 Å². The number of hydrogen-bond donors (Lipinski definition) is 1. The lowest BCUT2D eigenvalue weighted by molar-refractivity contribution is 0.206. The fraction of sp³-hybridized carbons (Fsp3) is 0.529. The third-order valence-corrected chi connectivity index (χ3v) is 4.59. The number of rotatable bonds is 5. The summed E-state index contributed by atoms with van der Waals surface area (Å²) in [6, 6.07) is 8.82. The first-order valence-corrected chi connectivity index (χ1v) is 7.77. The molecule has 1 aliphatic rings. The Morgan fingerprint density at radius 1 is 1.38 bits per heavy atom. The summed E-state index contributed by atoms with van der Waals surface area (Å²) in [6.07, 6.45) is 2.61. The average Bonchev–Trinajstić information content (AvgIpc) is 3.02. The predicted octanol–water partition coefficient (Wildman–Crippen LogP) is 2.42. The molecular formula is C17H25N3O. The van der Waals surface area contributed by atoms with Gasteiger partial charge in [0, 0.05) is 30.1 Å². The smallest absolute Gasteiger partial charge is 0.134 e. The minimum Gasteiger partial charge on any atom is -0.459 e. The van der Waals surface area contributed by atoms with E-state index in [1.165, 1.54) is 19.4 Å². The Morgan fingerprint density at radius 2 is 2.19 bits per heavy atom. The molecule has 1 saturated heterocycles. The summed E-state index contributed by atoms with van der Waals surface area (Å²) in [5.74, 6) is 1.02. The van der Waals surface area contributed by atoms with Crippen LogP contribution in [0.15, 0.2) is 28.7 Å². The van der Waals surface area contributed by atoms with Crippen molar-refractivity contribution in [2.24, 2.45) is 5.73 Å². The van der Waals surface area contributed by atoms with Gasteiger partial charge in [-0.2, -0.15) is 0 Å². The second-order valence-electron chi connectivity index (χ2n) is 6.18. The number of para-hydroxylation sites is 1. The summed E-state index contributed by atoms with van der Waals surface area (Å²) in [4.78, 5) is 4.81. The number of hydrogen-bond acceptors (Lipinski definition) is 4. The van der Waals surface area contributed by atoms with E-state index in [9.17, 15) is 0 Å². The third-order valence-electron chi connectivity index (χ3n) is 4.59. The molecule has 3 rings (SSSR count). The van der Waals surface area contributed by atoms with E-state index < -0.39 is 0 Å². The van der Waals surface area contributed by atoms with E-state index in [4.69, 9.17) is 10.2 Å². The molecule has 21 heavy (non-hydrogen) atoms. The van der Waals surface area contributed by atoms with Gasteiger partial charge in [-0.05, 0) is 39.5 Å². The average molecular weight is 287 g/mol. The van der Waals surface area contributed by atoms with Crippen LogP contribution in [0.3, 0.4) is 0 Å². The molecule has 1 aromatic heterocycles. The van der Waals surface area contributed by atoms with Crippen molar-refractivity contribution in [3.63, 3.8) is 0 Å². The summed E-state index contributed by atoms with van der Waals surface area (Å²) < 4.78 is 6.02. The molecule has 114 valence electrons. The molecule has 1 fully saturated rings. The van der Waals surface area contributed by atoms with E-state index in [2.05, 4.69) is 30.0 Å². The van der Waals surface area contributed by atoms with Crippen LogP contribution in [0, 0.1) is 0 Å². The first-order valence-electron chi connectivity index (χ1n) is 7.77. The largest absolute Gasteiger partial charge is 0.459 e. The van der Waals surface area contributed by atoms with E-state index in [1.807, 2.05) is 18.2 Å². The molecule has 2 N–H and O–H groups in total. The quantitative estimate of drug-likeness (QED) is 0.917. The van der Waals surface area contributed by atoms with Gasteiger partial charge in [0.2, 0.25) is 0 Å². The van der Waals surface area contributed by atoms with Crippen molar-refractivity contribution in [1.82, 2.24) is 9.80 Å². The molecule has 0 amide bonds. The minimum atomic E-state index is 0.531. The fourth-order valence-corrected chi connectivity index (χ4v) is 3.38. The molecule has 1 unspecified atom stereocenters. The molecule has 1 atom stereocenters. The van der Waals surface area contributed by atoms with Gasteiger partial charge in [-0.1, -0.05) is 18.2 Å². The zero-order chi connectivity index (χ0) is 14.8. The van der Waals surface area contributed by atoms with Gasteiger partial charge in [-0.15, -0.1) is 0 Å². The van der Waals surface area contributed by atoms with Crippen LogP contribution in [-0.4, -0.2) is 43.0 Å². The molecule has 0 radical (unpaired) electrons. The molecule has 2 heterocycles.